The Labute approximate surface area is 307 Å². The maximum atomic E-state index is 2.43. The number of hydrogen-bond acceptors (Lipinski definition) is 1. The third kappa shape index (κ3) is 5.52. The van der Waals surface area contributed by atoms with Crippen molar-refractivity contribution in [2.75, 3.05) is 4.90 Å². The van der Waals surface area contributed by atoms with Gasteiger partial charge >= 0.3 is 0 Å². The lowest BCUT2D eigenvalue weighted by Crippen LogP contribution is -2.14. The molecule has 0 aromatic heterocycles. The summed E-state index contributed by atoms with van der Waals surface area (Å²) < 4.78 is 0. The van der Waals surface area contributed by atoms with Crippen molar-refractivity contribution in [2.45, 2.75) is 19.3 Å². The lowest BCUT2D eigenvalue weighted by Gasteiger charge is -2.29. The molecule has 1 aliphatic rings. The molecule has 1 heteroatoms. The van der Waals surface area contributed by atoms with Crippen LogP contribution in [0.1, 0.15) is 25.0 Å². The largest absolute Gasteiger partial charge is 0.310 e. The first-order chi connectivity index (χ1) is 25.6. The van der Waals surface area contributed by atoms with Crippen LogP contribution in [0.2, 0.25) is 0 Å². The molecule has 0 N–H and O–H groups in total. The summed E-state index contributed by atoms with van der Waals surface area (Å²) in [5.74, 6) is 0. The standard InChI is InChI=1S/C51H39N/c1-51(2)47-24-11-9-22-46(47)50-45(23-14-25-48(50)51)44-21-10-12-26-49(44)52(43-20-13-19-41(35-43)37-17-7-4-8-18-37)42-33-31-40(32-34-42)39-29-27-38(28-30-39)36-15-5-3-6-16-36/h3-35H,1-2H3. The second kappa shape index (κ2) is 13.0. The highest BCUT2D eigenvalue weighted by Crippen LogP contribution is 2.53. The molecule has 0 atom stereocenters. The van der Waals surface area contributed by atoms with Gasteiger partial charge in [-0.15, -0.1) is 0 Å². The van der Waals surface area contributed by atoms with Gasteiger partial charge in [-0.1, -0.05) is 184 Å². The molecule has 0 saturated carbocycles. The monoisotopic (exact) mass is 665 g/mol. The molecule has 0 spiro atoms. The van der Waals surface area contributed by atoms with Crippen LogP contribution in [-0.4, -0.2) is 0 Å². The van der Waals surface area contributed by atoms with Gasteiger partial charge in [0, 0.05) is 22.4 Å². The van der Waals surface area contributed by atoms with Gasteiger partial charge in [0.05, 0.1) is 5.69 Å². The Bertz CT molecular complexity index is 2510. The predicted octanol–water partition coefficient (Wildman–Crippen LogP) is 14.1. The molecular weight excluding hydrogens is 627 g/mol. The Morgan fingerprint density at radius 2 is 0.788 bits per heavy atom. The third-order valence-corrected chi connectivity index (χ3v) is 10.7. The van der Waals surface area contributed by atoms with E-state index in [2.05, 4.69) is 219 Å². The molecule has 0 aliphatic heterocycles. The van der Waals surface area contributed by atoms with Gasteiger partial charge in [0.15, 0.2) is 0 Å². The molecule has 1 aliphatic carbocycles. The molecular formula is C51H39N. The molecule has 0 bridgehead atoms. The number of anilines is 3. The van der Waals surface area contributed by atoms with E-state index >= 15 is 0 Å². The predicted molar refractivity (Wildman–Crippen MR) is 220 cm³/mol. The first-order valence-corrected chi connectivity index (χ1v) is 18.1. The van der Waals surface area contributed by atoms with Gasteiger partial charge in [-0.2, -0.15) is 0 Å². The Morgan fingerprint density at radius 1 is 0.327 bits per heavy atom. The minimum atomic E-state index is -0.0737. The van der Waals surface area contributed by atoms with E-state index in [1.54, 1.807) is 0 Å². The van der Waals surface area contributed by atoms with Crippen molar-refractivity contribution in [3.05, 3.63) is 211 Å². The highest BCUT2D eigenvalue weighted by molar-refractivity contribution is 5.98. The van der Waals surface area contributed by atoms with E-state index in [4.69, 9.17) is 0 Å². The van der Waals surface area contributed by atoms with Crippen LogP contribution in [0.3, 0.4) is 0 Å². The van der Waals surface area contributed by atoms with Crippen molar-refractivity contribution in [3.8, 4) is 55.6 Å². The topological polar surface area (TPSA) is 3.24 Å². The minimum absolute atomic E-state index is 0.0737. The van der Waals surface area contributed by atoms with Crippen LogP contribution in [0.5, 0.6) is 0 Å². The maximum absolute atomic E-state index is 2.43. The zero-order chi connectivity index (χ0) is 35.1. The number of fused-ring (bicyclic) bond motifs is 3. The van der Waals surface area contributed by atoms with Crippen LogP contribution in [0.4, 0.5) is 17.1 Å². The van der Waals surface area contributed by atoms with E-state index in [0.29, 0.717) is 0 Å². The molecule has 0 unspecified atom stereocenters. The zero-order valence-corrected chi connectivity index (χ0v) is 29.5. The van der Waals surface area contributed by atoms with Crippen molar-refractivity contribution in [3.63, 3.8) is 0 Å². The normalized spacial score (nSPS) is 12.6. The number of para-hydroxylation sites is 1. The first-order valence-electron chi connectivity index (χ1n) is 18.1. The SMILES string of the molecule is CC1(C)c2ccccc2-c2c(-c3ccccc3N(c3ccc(-c4ccc(-c5ccccc5)cc4)cc3)c3cccc(-c4ccccc4)c3)cccc21. The van der Waals surface area contributed by atoms with Crippen LogP contribution >= 0.6 is 0 Å². The fourth-order valence-corrected chi connectivity index (χ4v) is 8.05. The van der Waals surface area contributed by atoms with Crippen molar-refractivity contribution >= 4 is 17.1 Å². The smallest absolute Gasteiger partial charge is 0.0540 e. The highest BCUT2D eigenvalue weighted by atomic mass is 15.1. The summed E-state index contributed by atoms with van der Waals surface area (Å²) in [6, 6.07) is 72.7. The molecule has 0 radical (unpaired) electrons. The van der Waals surface area contributed by atoms with Crippen LogP contribution < -0.4 is 4.90 Å². The molecule has 0 fully saturated rings. The van der Waals surface area contributed by atoms with Crippen LogP contribution in [-0.2, 0) is 5.41 Å². The number of hydrogen-bond donors (Lipinski definition) is 0. The van der Waals surface area contributed by atoms with Gasteiger partial charge < -0.3 is 4.90 Å². The van der Waals surface area contributed by atoms with Gasteiger partial charge in [0.25, 0.3) is 0 Å². The van der Waals surface area contributed by atoms with E-state index in [1.165, 1.54) is 66.8 Å². The maximum Gasteiger partial charge on any atom is 0.0540 e. The summed E-state index contributed by atoms with van der Waals surface area (Å²) >= 11 is 0. The molecule has 9 rings (SSSR count). The number of benzene rings is 8. The average molecular weight is 666 g/mol. The van der Waals surface area contributed by atoms with Gasteiger partial charge in [-0.05, 0) is 91.5 Å². The van der Waals surface area contributed by atoms with Crippen molar-refractivity contribution in [1.29, 1.82) is 0 Å². The van der Waals surface area contributed by atoms with E-state index in [-0.39, 0.29) is 5.41 Å². The highest BCUT2D eigenvalue weighted by Gasteiger charge is 2.37. The Morgan fingerprint density at radius 3 is 1.46 bits per heavy atom. The molecule has 0 amide bonds. The lowest BCUT2D eigenvalue weighted by atomic mass is 9.82. The average Bonchev–Trinajstić information content (AvgIpc) is 3.45. The third-order valence-electron chi connectivity index (χ3n) is 10.7. The minimum Gasteiger partial charge on any atom is -0.310 e. The van der Waals surface area contributed by atoms with E-state index in [1.807, 2.05) is 0 Å². The fourth-order valence-electron chi connectivity index (χ4n) is 8.05. The molecule has 8 aromatic carbocycles. The van der Waals surface area contributed by atoms with E-state index < -0.39 is 0 Å². The Kier molecular flexibility index (Phi) is 7.90. The molecule has 248 valence electrons. The summed E-state index contributed by atoms with van der Waals surface area (Å²) in [4.78, 5) is 2.43. The lowest BCUT2D eigenvalue weighted by molar-refractivity contribution is 0.660. The second-order valence-corrected chi connectivity index (χ2v) is 14.2. The fraction of sp³-hybridized carbons (Fsp3) is 0.0588. The second-order valence-electron chi connectivity index (χ2n) is 14.2. The van der Waals surface area contributed by atoms with Crippen molar-refractivity contribution in [2.24, 2.45) is 0 Å². The van der Waals surface area contributed by atoms with Crippen molar-refractivity contribution < 1.29 is 0 Å². The molecule has 0 heterocycles. The summed E-state index contributed by atoms with van der Waals surface area (Å²) in [7, 11) is 0. The summed E-state index contributed by atoms with van der Waals surface area (Å²) in [5.41, 5.74) is 18.4. The molecule has 0 saturated heterocycles. The van der Waals surface area contributed by atoms with Gasteiger partial charge in [-0.3, -0.25) is 0 Å². The van der Waals surface area contributed by atoms with Crippen molar-refractivity contribution in [1.82, 2.24) is 0 Å². The quantitative estimate of drug-likeness (QED) is 0.164. The molecule has 52 heavy (non-hydrogen) atoms. The van der Waals surface area contributed by atoms with E-state index in [0.717, 1.165) is 17.1 Å². The summed E-state index contributed by atoms with van der Waals surface area (Å²) in [5, 5.41) is 0. The first kappa shape index (κ1) is 31.5. The van der Waals surface area contributed by atoms with Gasteiger partial charge in [0.2, 0.25) is 0 Å². The summed E-state index contributed by atoms with van der Waals surface area (Å²) in [6.45, 7) is 4.71. The molecule has 1 nitrogen and oxygen atoms in total. The van der Waals surface area contributed by atoms with Gasteiger partial charge in [-0.25, -0.2) is 0 Å². The Balaban J connectivity index is 1.18. The Hall–Kier alpha value is -6.44. The number of nitrogens with zero attached hydrogens (tertiary/aromatic N) is 1. The summed E-state index contributed by atoms with van der Waals surface area (Å²) in [6.07, 6.45) is 0. The zero-order valence-electron chi connectivity index (χ0n) is 29.5. The van der Waals surface area contributed by atoms with Crippen LogP contribution in [0.15, 0.2) is 200 Å². The van der Waals surface area contributed by atoms with E-state index in [9.17, 15) is 0 Å². The van der Waals surface area contributed by atoms with Crippen LogP contribution in [0.25, 0.3) is 55.6 Å². The van der Waals surface area contributed by atoms with Crippen LogP contribution in [0, 0.1) is 0 Å². The number of rotatable bonds is 7. The molecule has 8 aromatic rings. The van der Waals surface area contributed by atoms with Gasteiger partial charge in [0.1, 0.15) is 0 Å².